The van der Waals surface area contributed by atoms with Crippen molar-refractivity contribution in [3.63, 3.8) is 0 Å². The largest absolute Gasteiger partial charge is 0.368 e. The standard InChI is InChI=1S/9C3H6N6/c9*4-1-7-2(5)9-3(6)8-1/h9*(H6,4,5,6,7,8,9). The van der Waals surface area contributed by atoms with Crippen molar-refractivity contribution in [3.05, 3.63) is 0 Å². The Bertz CT molecular complexity index is 2230. The van der Waals surface area contributed by atoms with Crippen molar-refractivity contribution in [2.45, 2.75) is 0 Å². The zero-order valence-corrected chi connectivity index (χ0v) is 41.2. The van der Waals surface area contributed by atoms with Crippen molar-refractivity contribution in [1.82, 2.24) is 135 Å². The molecule has 0 atom stereocenters. The van der Waals surface area contributed by atoms with Gasteiger partial charge < -0.3 is 155 Å². The molecule has 9 rings (SSSR count). The van der Waals surface area contributed by atoms with E-state index in [9.17, 15) is 0 Å². The third-order valence-corrected chi connectivity index (χ3v) is 6.19. The zero-order chi connectivity index (χ0) is 61.7. The highest BCUT2D eigenvalue weighted by Gasteiger charge is 2.00. The molecule has 0 radical (unpaired) electrons. The average molecular weight is 1140 g/mol. The molecule has 0 bridgehead atoms. The molecular weight excluding hydrogens is 1080 g/mol. The van der Waals surface area contributed by atoms with Gasteiger partial charge in [0.15, 0.2) is 0 Å². The fourth-order valence-electron chi connectivity index (χ4n) is 3.84. The van der Waals surface area contributed by atoms with Gasteiger partial charge in [-0.1, -0.05) is 0 Å². The third-order valence-electron chi connectivity index (χ3n) is 6.19. The topological polar surface area (TPSA) is 1050 Å². The van der Waals surface area contributed by atoms with E-state index in [1.807, 2.05) is 0 Å². The molecule has 0 saturated heterocycles. The first-order valence-corrected chi connectivity index (χ1v) is 19.9. The summed E-state index contributed by atoms with van der Waals surface area (Å²) in [6.07, 6.45) is 0. The van der Waals surface area contributed by atoms with Gasteiger partial charge >= 0.3 is 0 Å². The van der Waals surface area contributed by atoms with Crippen molar-refractivity contribution >= 4 is 161 Å². The summed E-state index contributed by atoms with van der Waals surface area (Å²) in [5, 5.41) is 0. The van der Waals surface area contributed by atoms with Crippen LogP contribution in [-0.2, 0) is 0 Å². The number of rotatable bonds is 0. The summed E-state index contributed by atoms with van der Waals surface area (Å²) < 4.78 is 0. The fourth-order valence-corrected chi connectivity index (χ4v) is 3.84. The fraction of sp³-hybridized carbons (Fsp3) is 0. The van der Waals surface area contributed by atoms with Crippen molar-refractivity contribution < 1.29 is 0 Å². The Balaban J connectivity index is 0.000000456. The number of hydrogen-bond acceptors (Lipinski definition) is 54. The van der Waals surface area contributed by atoms with E-state index in [4.69, 9.17) is 155 Å². The molecule has 9 heterocycles. The van der Waals surface area contributed by atoms with Gasteiger partial charge in [0, 0.05) is 0 Å². The van der Waals surface area contributed by atoms with Gasteiger partial charge in [-0.2, -0.15) is 135 Å². The van der Waals surface area contributed by atoms with Gasteiger partial charge in [-0.15, -0.1) is 0 Å². The van der Waals surface area contributed by atoms with Crippen LogP contribution in [0.1, 0.15) is 0 Å². The smallest absolute Gasteiger partial charge is 0.226 e. The molecule has 0 aromatic carbocycles. The molecule has 81 heavy (non-hydrogen) atoms. The van der Waals surface area contributed by atoms with E-state index in [1.54, 1.807) is 0 Å². The summed E-state index contributed by atoms with van der Waals surface area (Å²) >= 11 is 0. The van der Waals surface area contributed by atoms with Crippen LogP contribution in [0.5, 0.6) is 0 Å². The Morgan fingerprint density at radius 1 is 0.0741 bits per heavy atom. The highest BCUT2D eigenvalue weighted by molar-refractivity contribution is 5.39. The average Bonchev–Trinajstić information content (AvgIpc) is 3.24. The molecule has 54 heteroatoms. The molecule has 0 amide bonds. The molecule has 0 aliphatic carbocycles. The zero-order valence-electron chi connectivity index (χ0n) is 41.2. The summed E-state index contributed by atoms with van der Waals surface area (Å²) in [6.45, 7) is 0. The van der Waals surface area contributed by atoms with Crippen LogP contribution >= 0.6 is 0 Å². The maximum atomic E-state index is 5.14. The summed E-state index contributed by atoms with van der Waals surface area (Å²) in [5.41, 5.74) is 139. The van der Waals surface area contributed by atoms with Crippen molar-refractivity contribution in [2.75, 3.05) is 155 Å². The van der Waals surface area contributed by atoms with Crippen LogP contribution in [0.15, 0.2) is 0 Å². The summed E-state index contributed by atoms with van der Waals surface area (Å²) in [7, 11) is 0. The summed E-state index contributed by atoms with van der Waals surface area (Å²) in [4.78, 5) is 94.2. The Kier molecular flexibility index (Phi) is 25.0. The van der Waals surface area contributed by atoms with Crippen LogP contribution in [0, 0.1) is 0 Å². The normalized spacial score (nSPS) is 9.33. The molecular formula is C27H54N54. The summed E-state index contributed by atoms with van der Waals surface area (Å²) in [6, 6.07) is 0. The minimum atomic E-state index is 0.0417. The van der Waals surface area contributed by atoms with Gasteiger partial charge in [0.05, 0.1) is 0 Å². The lowest BCUT2D eigenvalue weighted by molar-refractivity contribution is 1.09. The molecule has 54 N–H and O–H groups in total. The lowest BCUT2D eigenvalue weighted by Gasteiger charge is -1.93. The summed E-state index contributed by atoms with van der Waals surface area (Å²) in [5.74, 6) is 1.13. The first-order valence-electron chi connectivity index (χ1n) is 19.9. The van der Waals surface area contributed by atoms with Gasteiger partial charge in [0.25, 0.3) is 0 Å². The highest BCUT2D eigenvalue weighted by atomic mass is 15.2. The number of anilines is 27. The number of nitrogens with two attached hydrogens (primary N) is 27. The molecule has 0 unspecified atom stereocenters. The minimum absolute atomic E-state index is 0.0417. The number of aromatic nitrogens is 27. The predicted octanol–water partition coefficient (Wildman–Crippen LogP) is -12.4. The quantitative estimate of drug-likeness (QED) is 0.0670. The second-order valence-corrected chi connectivity index (χ2v) is 12.7. The molecule has 54 nitrogen and oxygen atoms in total. The second-order valence-electron chi connectivity index (χ2n) is 12.7. The number of hydrogen-bond donors (Lipinski definition) is 27. The molecule has 9 aromatic rings. The first-order chi connectivity index (χ1) is 37.6. The van der Waals surface area contributed by atoms with E-state index < -0.39 is 0 Å². The van der Waals surface area contributed by atoms with Crippen LogP contribution < -0.4 is 155 Å². The Morgan fingerprint density at radius 2 is 0.0988 bits per heavy atom. The van der Waals surface area contributed by atoms with Crippen LogP contribution in [0.4, 0.5) is 161 Å². The van der Waals surface area contributed by atoms with Gasteiger partial charge in [0.1, 0.15) is 0 Å². The van der Waals surface area contributed by atoms with Gasteiger partial charge in [-0.25, -0.2) is 0 Å². The molecule has 432 valence electrons. The molecule has 0 aliphatic rings. The Labute approximate surface area is 449 Å². The van der Waals surface area contributed by atoms with E-state index in [0.717, 1.165) is 0 Å². The van der Waals surface area contributed by atoms with E-state index in [2.05, 4.69) is 135 Å². The van der Waals surface area contributed by atoms with E-state index >= 15 is 0 Å². The SMILES string of the molecule is Nc1nc(N)nc(N)n1.Nc1nc(N)nc(N)n1.Nc1nc(N)nc(N)n1.Nc1nc(N)nc(N)n1.Nc1nc(N)nc(N)n1.Nc1nc(N)nc(N)n1.Nc1nc(N)nc(N)n1.Nc1nc(N)nc(N)n1.Nc1nc(N)nc(N)n1. The van der Waals surface area contributed by atoms with E-state index in [1.165, 1.54) is 0 Å². The Hall–Kier alpha value is -14.3. The number of nitrogen functional groups attached to an aromatic ring is 27. The monoisotopic (exact) mass is 1130 g/mol. The molecule has 0 saturated carbocycles. The lowest BCUT2D eigenvalue weighted by Crippen LogP contribution is -2.05. The Morgan fingerprint density at radius 3 is 0.123 bits per heavy atom. The van der Waals surface area contributed by atoms with Gasteiger partial charge in [-0.3, -0.25) is 0 Å². The molecule has 0 aliphatic heterocycles. The van der Waals surface area contributed by atoms with Crippen molar-refractivity contribution in [3.8, 4) is 0 Å². The highest BCUT2D eigenvalue weighted by Crippen LogP contribution is 2.03. The second kappa shape index (κ2) is 31.3. The van der Waals surface area contributed by atoms with Crippen molar-refractivity contribution in [2.24, 2.45) is 0 Å². The van der Waals surface area contributed by atoms with Crippen LogP contribution in [0.3, 0.4) is 0 Å². The number of nitrogens with zero attached hydrogens (tertiary/aromatic N) is 27. The minimum Gasteiger partial charge on any atom is -0.368 e. The molecule has 0 spiro atoms. The predicted molar refractivity (Wildman–Crippen MR) is 298 cm³/mol. The van der Waals surface area contributed by atoms with Gasteiger partial charge in [-0.05, 0) is 0 Å². The first kappa shape index (κ1) is 64.7. The van der Waals surface area contributed by atoms with Gasteiger partial charge in [0.2, 0.25) is 161 Å². The molecule has 9 aromatic heterocycles. The molecule has 0 fully saturated rings. The van der Waals surface area contributed by atoms with E-state index in [0.29, 0.717) is 0 Å². The maximum Gasteiger partial charge on any atom is 0.226 e. The van der Waals surface area contributed by atoms with Crippen LogP contribution in [0.25, 0.3) is 0 Å². The third kappa shape index (κ3) is 30.4. The van der Waals surface area contributed by atoms with Crippen LogP contribution in [-0.4, -0.2) is 135 Å². The van der Waals surface area contributed by atoms with E-state index in [-0.39, 0.29) is 161 Å². The maximum absolute atomic E-state index is 5.14. The lowest BCUT2D eigenvalue weighted by atomic mass is 10.9. The van der Waals surface area contributed by atoms with Crippen LogP contribution in [0.2, 0.25) is 0 Å². The van der Waals surface area contributed by atoms with Crippen molar-refractivity contribution in [1.29, 1.82) is 0 Å².